The molecule has 2 aliphatic rings. The van der Waals surface area contributed by atoms with Crippen LogP contribution in [0.25, 0.3) is 0 Å². The summed E-state index contributed by atoms with van der Waals surface area (Å²) in [4.78, 5) is 24.9. The second kappa shape index (κ2) is 7.28. The largest absolute Gasteiger partial charge is 0.347 e. The van der Waals surface area contributed by atoms with Gasteiger partial charge in [0.2, 0.25) is 5.91 Å². The van der Waals surface area contributed by atoms with Gasteiger partial charge < -0.3 is 25.0 Å². The van der Waals surface area contributed by atoms with Crippen LogP contribution in [0, 0.1) is 0 Å². The molecule has 1 spiro atoms. The summed E-state index contributed by atoms with van der Waals surface area (Å²) in [6, 6.07) is -0.920. The van der Waals surface area contributed by atoms with Gasteiger partial charge >= 0.3 is 6.03 Å². The van der Waals surface area contributed by atoms with Crippen LogP contribution in [0.5, 0.6) is 0 Å². The standard InChI is InChI=1S/C15H27N3O4/c1-11(13(19)18(2)3)17-14(20)16-9-12-10-21-15(22-12)7-5-4-6-8-15/h11-12H,4-10H2,1-3H3,(H2,16,17,20)/t11-,12+/m0/s1. The van der Waals surface area contributed by atoms with E-state index in [1.807, 2.05) is 0 Å². The van der Waals surface area contributed by atoms with Crippen LogP contribution in [0.1, 0.15) is 39.0 Å². The molecule has 126 valence electrons. The topological polar surface area (TPSA) is 79.9 Å². The van der Waals surface area contributed by atoms with Gasteiger partial charge in [0.05, 0.1) is 6.61 Å². The number of ether oxygens (including phenoxy) is 2. The Bertz CT molecular complexity index is 408. The van der Waals surface area contributed by atoms with Crippen molar-refractivity contribution in [3.63, 3.8) is 0 Å². The molecule has 22 heavy (non-hydrogen) atoms. The number of hydrogen-bond donors (Lipinski definition) is 2. The zero-order valence-electron chi connectivity index (χ0n) is 13.7. The van der Waals surface area contributed by atoms with Crippen molar-refractivity contribution >= 4 is 11.9 Å². The molecule has 2 N–H and O–H groups in total. The van der Waals surface area contributed by atoms with Crippen LogP contribution in [-0.4, -0.2) is 62.0 Å². The summed E-state index contributed by atoms with van der Waals surface area (Å²) in [5, 5.41) is 5.36. The smallest absolute Gasteiger partial charge is 0.315 e. The molecule has 0 radical (unpaired) electrons. The van der Waals surface area contributed by atoms with Crippen LogP contribution < -0.4 is 10.6 Å². The Balaban J connectivity index is 1.70. The van der Waals surface area contributed by atoms with Crippen molar-refractivity contribution < 1.29 is 19.1 Å². The fraction of sp³-hybridized carbons (Fsp3) is 0.867. The lowest BCUT2D eigenvalue weighted by Crippen LogP contribution is -2.49. The van der Waals surface area contributed by atoms with Crippen molar-refractivity contribution in [3.05, 3.63) is 0 Å². The van der Waals surface area contributed by atoms with E-state index in [2.05, 4.69) is 10.6 Å². The van der Waals surface area contributed by atoms with Gasteiger partial charge in [-0.25, -0.2) is 4.79 Å². The number of carbonyl (C=O) groups is 2. The molecule has 1 aliphatic carbocycles. The molecule has 0 bridgehead atoms. The Kier molecular flexibility index (Phi) is 5.63. The van der Waals surface area contributed by atoms with Crippen molar-refractivity contribution in [3.8, 4) is 0 Å². The predicted octanol–water partition coefficient (Wildman–Crippen LogP) is 0.838. The lowest BCUT2D eigenvalue weighted by Gasteiger charge is -2.31. The van der Waals surface area contributed by atoms with Gasteiger partial charge in [0.15, 0.2) is 5.79 Å². The number of carbonyl (C=O) groups excluding carboxylic acids is 2. The Morgan fingerprint density at radius 3 is 2.59 bits per heavy atom. The molecule has 7 nitrogen and oxygen atoms in total. The van der Waals surface area contributed by atoms with Crippen molar-refractivity contribution in [1.29, 1.82) is 0 Å². The summed E-state index contributed by atoms with van der Waals surface area (Å²) in [5.74, 6) is -0.563. The van der Waals surface area contributed by atoms with Crippen LogP contribution >= 0.6 is 0 Å². The lowest BCUT2D eigenvalue weighted by molar-refractivity contribution is -0.186. The van der Waals surface area contributed by atoms with Gasteiger partial charge in [-0.15, -0.1) is 0 Å². The highest BCUT2D eigenvalue weighted by molar-refractivity contribution is 5.86. The minimum absolute atomic E-state index is 0.122. The molecule has 2 fully saturated rings. The van der Waals surface area contributed by atoms with E-state index in [0.717, 1.165) is 25.7 Å². The molecule has 2 atom stereocenters. The summed E-state index contributed by atoms with van der Waals surface area (Å²) in [7, 11) is 3.32. The third-order valence-electron chi connectivity index (χ3n) is 4.18. The van der Waals surface area contributed by atoms with Gasteiger partial charge in [-0.2, -0.15) is 0 Å². The predicted molar refractivity (Wildman–Crippen MR) is 81.3 cm³/mol. The number of amides is 3. The number of hydrogen-bond acceptors (Lipinski definition) is 4. The molecule has 7 heteroatoms. The van der Waals surface area contributed by atoms with E-state index in [9.17, 15) is 9.59 Å². The zero-order valence-corrected chi connectivity index (χ0v) is 13.7. The Labute approximate surface area is 131 Å². The number of nitrogens with zero attached hydrogens (tertiary/aromatic N) is 1. The zero-order chi connectivity index (χ0) is 16.2. The monoisotopic (exact) mass is 313 g/mol. The van der Waals surface area contributed by atoms with Gasteiger partial charge in [-0.1, -0.05) is 6.42 Å². The number of urea groups is 1. The summed E-state index contributed by atoms with van der Waals surface area (Å²) >= 11 is 0. The normalized spacial score (nSPS) is 24.8. The fourth-order valence-electron chi connectivity index (χ4n) is 2.97. The van der Waals surface area contributed by atoms with Gasteiger partial charge in [-0.05, 0) is 19.8 Å². The van der Waals surface area contributed by atoms with Crippen LogP contribution in [0.4, 0.5) is 4.79 Å². The van der Waals surface area contributed by atoms with Crippen LogP contribution in [-0.2, 0) is 14.3 Å². The Morgan fingerprint density at radius 1 is 1.27 bits per heavy atom. The molecule has 1 saturated heterocycles. The number of nitrogens with one attached hydrogen (secondary N) is 2. The van der Waals surface area contributed by atoms with Crippen molar-refractivity contribution in [2.75, 3.05) is 27.2 Å². The lowest BCUT2D eigenvalue weighted by atomic mass is 9.94. The van der Waals surface area contributed by atoms with E-state index in [1.165, 1.54) is 11.3 Å². The van der Waals surface area contributed by atoms with Crippen LogP contribution in [0.3, 0.4) is 0 Å². The molecule has 1 saturated carbocycles. The van der Waals surface area contributed by atoms with Gasteiger partial charge in [-0.3, -0.25) is 4.79 Å². The summed E-state index contributed by atoms with van der Waals surface area (Å²) in [5.41, 5.74) is 0. The molecule has 0 aromatic rings. The minimum Gasteiger partial charge on any atom is -0.347 e. The molecular formula is C15H27N3O4. The Hall–Kier alpha value is -1.34. The first kappa shape index (κ1) is 17.0. The van der Waals surface area contributed by atoms with Crippen LogP contribution in [0.2, 0.25) is 0 Å². The fourth-order valence-corrected chi connectivity index (χ4v) is 2.97. The molecule has 0 aromatic heterocycles. The maximum Gasteiger partial charge on any atom is 0.315 e. The second-order valence-corrected chi connectivity index (χ2v) is 6.33. The summed E-state index contributed by atoms with van der Waals surface area (Å²) in [6.45, 7) is 2.55. The first-order valence-electron chi connectivity index (χ1n) is 7.99. The summed E-state index contributed by atoms with van der Waals surface area (Å²) < 4.78 is 11.8. The van der Waals surface area contributed by atoms with E-state index in [-0.39, 0.29) is 18.0 Å². The van der Waals surface area contributed by atoms with E-state index < -0.39 is 11.8 Å². The van der Waals surface area contributed by atoms with E-state index in [1.54, 1.807) is 21.0 Å². The maximum absolute atomic E-state index is 11.8. The van der Waals surface area contributed by atoms with Crippen molar-refractivity contribution in [2.24, 2.45) is 0 Å². The molecular weight excluding hydrogens is 286 g/mol. The minimum atomic E-state index is -0.555. The summed E-state index contributed by atoms with van der Waals surface area (Å²) in [6.07, 6.45) is 5.24. The number of rotatable bonds is 4. The van der Waals surface area contributed by atoms with Crippen molar-refractivity contribution in [2.45, 2.75) is 57.0 Å². The van der Waals surface area contributed by atoms with Gasteiger partial charge in [0.25, 0.3) is 0 Å². The van der Waals surface area contributed by atoms with Crippen molar-refractivity contribution in [1.82, 2.24) is 15.5 Å². The molecule has 2 rings (SSSR count). The van der Waals surface area contributed by atoms with Gasteiger partial charge in [0.1, 0.15) is 12.1 Å². The van der Waals surface area contributed by atoms with E-state index >= 15 is 0 Å². The second-order valence-electron chi connectivity index (χ2n) is 6.33. The SMILES string of the molecule is C[C@H](NC(=O)NC[C@@H]1COC2(CCCCC2)O1)C(=O)N(C)C. The third-order valence-corrected chi connectivity index (χ3v) is 4.18. The average Bonchev–Trinajstić information content (AvgIpc) is 2.87. The molecule has 0 aromatic carbocycles. The molecule has 1 aliphatic heterocycles. The maximum atomic E-state index is 11.8. The third kappa shape index (κ3) is 4.33. The molecule has 1 heterocycles. The highest BCUT2D eigenvalue weighted by Crippen LogP contribution is 2.37. The highest BCUT2D eigenvalue weighted by Gasteiger charge is 2.42. The molecule has 0 unspecified atom stereocenters. The average molecular weight is 313 g/mol. The van der Waals surface area contributed by atoms with Crippen LogP contribution in [0.15, 0.2) is 0 Å². The molecule has 3 amide bonds. The van der Waals surface area contributed by atoms with E-state index in [4.69, 9.17) is 9.47 Å². The number of likely N-dealkylation sites (N-methyl/N-ethyl adjacent to an activating group) is 1. The highest BCUT2D eigenvalue weighted by atomic mass is 16.7. The first-order chi connectivity index (χ1) is 10.4. The first-order valence-corrected chi connectivity index (χ1v) is 7.99. The van der Waals surface area contributed by atoms with Gasteiger partial charge in [0, 0.05) is 33.5 Å². The van der Waals surface area contributed by atoms with E-state index in [0.29, 0.717) is 13.2 Å². The quantitative estimate of drug-likeness (QED) is 0.806. The Morgan fingerprint density at radius 2 is 1.95 bits per heavy atom.